The van der Waals surface area contributed by atoms with Crippen molar-refractivity contribution in [1.82, 2.24) is 0 Å². The Morgan fingerprint density at radius 2 is 1.88 bits per heavy atom. The Morgan fingerprint density at radius 1 is 1.31 bits per heavy atom. The SMILES string of the molecule is CC(N)(C(=O)c1cccc(F)c1)C(F)(F)F. The fourth-order valence-corrected chi connectivity index (χ4v) is 1.06. The zero-order valence-electron chi connectivity index (χ0n) is 8.31. The van der Waals surface area contributed by atoms with Crippen LogP contribution in [-0.2, 0) is 0 Å². The molecule has 0 aliphatic rings. The van der Waals surface area contributed by atoms with Crippen molar-refractivity contribution >= 4 is 5.78 Å². The Morgan fingerprint density at radius 3 is 2.31 bits per heavy atom. The average molecular weight is 235 g/mol. The maximum atomic E-state index is 12.7. The zero-order chi connectivity index (χ0) is 12.6. The van der Waals surface area contributed by atoms with Crippen LogP contribution in [0.5, 0.6) is 0 Å². The van der Waals surface area contributed by atoms with Crippen molar-refractivity contribution in [2.24, 2.45) is 5.73 Å². The molecular weight excluding hydrogens is 226 g/mol. The third kappa shape index (κ3) is 2.21. The summed E-state index contributed by atoms with van der Waals surface area (Å²) in [6.07, 6.45) is -4.88. The molecule has 88 valence electrons. The largest absolute Gasteiger partial charge is 0.413 e. The molecule has 0 spiro atoms. The fourth-order valence-electron chi connectivity index (χ4n) is 1.06. The fraction of sp³-hybridized carbons (Fsp3) is 0.300. The molecule has 0 heterocycles. The van der Waals surface area contributed by atoms with Gasteiger partial charge in [-0.25, -0.2) is 4.39 Å². The summed E-state index contributed by atoms with van der Waals surface area (Å²) in [6.45, 7) is 0.556. The van der Waals surface area contributed by atoms with Crippen molar-refractivity contribution in [2.75, 3.05) is 0 Å². The van der Waals surface area contributed by atoms with E-state index >= 15 is 0 Å². The van der Waals surface area contributed by atoms with E-state index in [-0.39, 0.29) is 0 Å². The molecule has 0 radical (unpaired) electrons. The Kier molecular flexibility index (Phi) is 3.05. The van der Waals surface area contributed by atoms with Gasteiger partial charge in [0.05, 0.1) is 0 Å². The minimum absolute atomic E-state index is 0.401. The number of Topliss-reactive ketones (excluding diaryl/α,β-unsaturated/α-hetero) is 1. The van der Waals surface area contributed by atoms with Gasteiger partial charge >= 0.3 is 6.18 Å². The lowest BCUT2D eigenvalue weighted by Gasteiger charge is -2.25. The van der Waals surface area contributed by atoms with Crippen LogP contribution in [0.4, 0.5) is 17.6 Å². The maximum Gasteiger partial charge on any atom is 0.413 e. The number of benzene rings is 1. The third-order valence-corrected chi connectivity index (χ3v) is 2.15. The van der Waals surface area contributed by atoms with Gasteiger partial charge in [-0.1, -0.05) is 12.1 Å². The number of halogens is 4. The first kappa shape index (κ1) is 12.6. The lowest BCUT2D eigenvalue weighted by Crippen LogP contribution is -2.57. The predicted molar refractivity (Wildman–Crippen MR) is 49.4 cm³/mol. The second-order valence-corrected chi connectivity index (χ2v) is 3.54. The molecule has 0 aliphatic carbocycles. The summed E-state index contributed by atoms with van der Waals surface area (Å²) in [6, 6.07) is 3.98. The molecule has 2 N–H and O–H groups in total. The Labute approximate surface area is 89.1 Å². The first-order valence-electron chi connectivity index (χ1n) is 4.32. The molecule has 0 fully saturated rings. The first-order chi connectivity index (χ1) is 7.16. The van der Waals surface area contributed by atoms with Gasteiger partial charge in [-0.05, 0) is 19.1 Å². The van der Waals surface area contributed by atoms with E-state index < -0.39 is 28.9 Å². The lowest BCUT2D eigenvalue weighted by molar-refractivity contribution is -0.165. The van der Waals surface area contributed by atoms with E-state index in [1.54, 1.807) is 0 Å². The third-order valence-electron chi connectivity index (χ3n) is 2.15. The second-order valence-electron chi connectivity index (χ2n) is 3.54. The number of rotatable bonds is 2. The summed E-state index contributed by atoms with van der Waals surface area (Å²) < 4.78 is 50.0. The molecule has 1 atom stereocenters. The number of carbonyl (C=O) groups is 1. The monoisotopic (exact) mass is 235 g/mol. The minimum Gasteiger partial charge on any atom is -0.311 e. The average Bonchev–Trinajstić information content (AvgIpc) is 2.14. The van der Waals surface area contributed by atoms with E-state index in [4.69, 9.17) is 5.73 Å². The summed E-state index contributed by atoms with van der Waals surface area (Å²) in [7, 11) is 0. The normalized spacial score (nSPS) is 15.6. The van der Waals surface area contributed by atoms with Gasteiger partial charge in [0.25, 0.3) is 0 Å². The maximum absolute atomic E-state index is 12.7. The van der Waals surface area contributed by atoms with Gasteiger partial charge in [-0.2, -0.15) is 13.2 Å². The summed E-state index contributed by atoms with van der Waals surface area (Å²) in [5.74, 6) is -2.15. The topological polar surface area (TPSA) is 43.1 Å². The Balaban J connectivity index is 3.12. The molecule has 0 bridgehead atoms. The van der Waals surface area contributed by atoms with Crippen LogP contribution in [0.25, 0.3) is 0 Å². The second kappa shape index (κ2) is 3.86. The molecule has 0 saturated heterocycles. The van der Waals surface area contributed by atoms with Crippen molar-refractivity contribution in [3.63, 3.8) is 0 Å². The minimum atomic E-state index is -4.88. The molecule has 2 nitrogen and oxygen atoms in total. The standard InChI is InChI=1S/C10H9F4NO/c1-9(15,10(12,13)14)8(16)6-3-2-4-7(11)5-6/h2-5H,15H2,1H3. The summed E-state index contributed by atoms with van der Waals surface area (Å²) in [5, 5.41) is 0. The smallest absolute Gasteiger partial charge is 0.311 e. The molecule has 1 aromatic rings. The van der Waals surface area contributed by atoms with Gasteiger partial charge in [0.1, 0.15) is 5.82 Å². The van der Waals surface area contributed by atoms with Crippen LogP contribution in [0.3, 0.4) is 0 Å². The number of hydrogen-bond donors (Lipinski definition) is 1. The van der Waals surface area contributed by atoms with Crippen LogP contribution in [0.2, 0.25) is 0 Å². The van der Waals surface area contributed by atoms with Crippen LogP contribution >= 0.6 is 0 Å². The van der Waals surface area contributed by atoms with Crippen molar-refractivity contribution < 1.29 is 22.4 Å². The molecule has 1 unspecified atom stereocenters. The number of nitrogens with two attached hydrogens (primary N) is 1. The van der Waals surface area contributed by atoms with Gasteiger partial charge in [-0.15, -0.1) is 0 Å². The predicted octanol–water partition coefficient (Wildman–Crippen LogP) is 2.29. The molecule has 6 heteroatoms. The summed E-state index contributed by atoms with van der Waals surface area (Å²) in [4.78, 5) is 11.5. The zero-order valence-corrected chi connectivity index (χ0v) is 8.31. The molecule has 1 rings (SSSR count). The highest BCUT2D eigenvalue weighted by Gasteiger charge is 2.53. The molecule has 0 aliphatic heterocycles. The number of carbonyl (C=O) groups excluding carboxylic acids is 1. The van der Waals surface area contributed by atoms with Gasteiger partial charge in [0.2, 0.25) is 0 Å². The number of alkyl halides is 3. The van der Waals surface area contributed by atoms with E-state index in [9.17, 15) is 22.4 Å². The van der Waals surface area contributed by atoms with Gasteiger partial charge in [0.15, 0.2) is 11.3 Å². The molecule has 0 aromatic heterocycles. The van der Waals surface area contributed by atoms with Crippen molar-refractivity contribution in [2.45, 2.75) is 18.6 Å². The van der Waals surface area contributed by atoms with Gasteiger partial charge in [-0.3, -0.25) is 4.79 Å². The highest BCUT2D eigenvalue weighted by molar-refractivity contribution is 6.03. The number of ketones is 1. The van der Waals surface area contributed by atoms with Gasteiger partial charge in [0, 0.05) is 5.56 Å². The highest BCUT2D eigenvalue weighted by Crippen LogP contribution is 2.30. The van der Waals surface area contributed by atoms with Crippen molar-refractivity contribution in [3.8, 4) is 0 Å². The van der Waals surface area contributed by atoms with E-state index in [2.05, 4.69) is 0 Å². The lowest BCUT2D eigenvalue weighted by atomic mass is 9.91. The van der Waals surface area contributed by atoms with Crippen LogP contribution in [0, 0.1) is 5.82 Å². The van der Waals surface area contributed by atoms with Crippen LogP contribution < -0.4 is 5.73 Å². The molecule has 1 aromatic carbocycles. The first-order valence-corrected chi connectivity index (χ1v) is 4.32. The Bertz CT molecular complexity index is 412. The van der Waals surface area contributed by atoms with Crippen molar-refractivity contribution in [1.29, 1.82) is 0 Å². The molecule has 16 heavy (non-hydrogen) atoms. The van der Waals surface area contributed by atoms with E-state index in [0.29, 0.717) is 6.92 Å². The summed E-state index contributed by atoms with van der Waals surface area (Å²) >= 11 is 0. The van der Waals surface area contributed by atoms with E-state index in [1.807, 2.05) is 0 Å². The molecular formula is C10H9F4NO. The Hall–Kier alpha value is -1.43. The summed E-state index contributed by atoms with van der Waals surface area (Å²) in [5.41, 5.74) is 1.51. The van der Waals surface area contributed by atoms with E-state index in [1.165, 1.54) is 0 Å². The quantitative estimate of drug-likeness (QED) is 0.631. The molecule has 0 saturated carbocycles. The van der Waals surface area contributed by atoms with Crippen LogP contribution in [-0.4, -0.2) is 17.5 Å². The highest BCUT2D eigenvalue weighted by atomic mass is 19.4. The van der Waals surface area contributed by atoms with E-state index in [0.717, 1.165) is 24.3 Å². The number of hydrogen-bond acceptors (Lipinski definition) is 2. The van der Waals surface area contributed by atoms with Gasteiger partial charge < -0.3 is 5.73 Å². The van der Waals surface area contributed by atoms with Crippen LogP contribution in [0.1, 0.15) is 17.3 Å². The molecule has 0 amide bonds. The van der Waals surface area contributed by atoms with Crippen LogP contribution in [0.15, 0.2) is 24.3 Å². The van der Waals surface area contributed by atoms with Crippen molar-refractivity contribution in [3.05, 3.63) is 35.6 Å².